The van der Waals surface area contributed by atoms with Crippen LogP contribution in [0, 0.1) is 5.82 Å². The zero-order chi connectivity index (χ0) is 23.8. The van der Waals surface area contributed by atoms with E-state index in [0.29, 0.717) is 20.9 Å². The lowest BCUT2D eigenvalue weighted by molar-refractivity contribution is 0.0986. The number of amides is 1. The number of nitrogens with zero attached hydrogens (tertiary/aromatic N) is 4. The van der Waals surface area contributed by atoms with E-state index in [9.17, 15) is 9.18 Å². The Kier molecular flexibility index (Phi) is 5.52. The number of halogens is 1. The molecule has 4 heterocycles. The van der Waals surface area contributed by atoms with Crippen LogP contribution in [0.2, 0.25) is 0 Å². The smallest absolute Gasteiger partial charge is 0.261 e. The number of hydrogen-bond donors (Lipinski definition) is 0. The number of fused-ring (bicyclic) bond motifs is 2. The number of anilines is 1. The van der Waals surface area contributed by atoms with E-state index in [-0.39, 0.29) is 18.3 Å². The summed E-state index contributed by atoms with van der Waals surface area (Å²) in [4.78, 5) is 30.5. The number of thiophene rings is 1. The average Bonchev–Trinajstić information content (AvgIpc) is 3.57. The van der Waals surface area contributed by atoms with E-state index in [0.717, 1.165) is 27.0 Å². The Morgan fingerprint density at radius 2 is 1.86 bits per heavy atom. The number of carbonyl (C=O) groups is 1. The molecule has 6 aromatic rings. The van der Waals surface area contributed by atoms with Gasteiger partial charge in [0, 0.05) is 17.8 Å². The van der Waals surface area contributed by atoms with Gasteiger partial charge < -0.3 is 0 Å². The second-order valence-corrected chi connectivity index (χ2v) is 9.87. The lowest BCUT2D eigenvalue weighted by atomic mass is 10.1. The van der Waals surface area contributed by atoms with Gasteiger partial charge in [0.25, 0.3) is 5.91 Å². The molecule has 0 fully saturated rings. The molecule has 0 aliphatic rings. The fourth-order valence-corrected chi connectivity index (χ4v) is 5.62. The Morgan fingerprint density at radius 3 is 2.69 bits per heavy atom. The van der Waals surface area contributed by atoms with Gasteiger partial charge in [-0.05, 0) is 53.4 Å². The molecular weight excluding hydrogens is 479 g/mol. The van der Waals surface area contributed by atoms with Crippen molar-refractivity contribution in [2.75, 3.05) is 4.90 Å². The second-order valence-electron chi connectivity index (χ2n) is 7.91. The van der Waals surface area contributed by atoms with E-state index in [1.54, 1.807) is 34.7 Å². The van der Waals surface area contributed by atoms with Gasteiger partial charge >= 0.3 is 0 Å². The minimum atomic E-state index is -0.335. The highest BCUT2D eigenvalue weighted by Gasteiger charge is 2.25. The molecule has 0 saturated heterocycles. The minimum absolute atomic E-state index is 0.204. The zero-order valence-electron chi connectivity index (χ0n) is 18.3. The first-order valence-electron chi connectivity index (χ1n) is 10.9. The summed E-state index contributed by atoms with van der Waals surface area (Å²) in [5, 5.41) is 3.25. The number of para-hydroxylation sites is 1. The average molecular weight is 497 g/mol. The number of pyridine rings is 2. The van der Waals surface area contributed by atoms with E-state index in [2.05, 4.69) is 9.97 Å². The van der Waals surface area contributed by atoms with Crippen LogP contribution in [0.1, 0.15) is 15.9 Å². The quantitative estimate of drug-likeness (QED) is 0.259. The van der Waals surface area contributed by atoms with Crippen LogP contribution < -0.4 is 4.90 Å². The molecule has 0 aliphatic heterocycles. The van der Waals surface area contributed by atoms with Crippen LogP contribution in [0.4, 0.5) is 9.52 Å². The van der Waals surface area contributed by atoms with Crippen molar-refractivity contribution < 1.29 is 9.18 Å². The van der Waals surface area contributed by atoms with Crippen LogP contribution in [0.3, 0.4) is 0 Å². The number of aromatic nitrogens is 3. The molecule has 0 atom stereocenters. The largest absolute Gasteiger partial charge is 0.279 e. The summed E-state index contributed by atoms with van der Waals surface area (Å²) < 4.78 is 14.5. The molecule has 5 nitrogen and oxygen atoms in total. The molecule has 1 amide bonds. The predicted molar refractivity (Wildman–Crippen MR) is 139 cm³/mol. The Balaban J connectivity index is 1.52. The molecule has 2 aromatic carbocycles. The standard InChI is InChI=1S/C27H17FN4OS2/c28-18-9-10-22-25(13-18)35-27(31-22)32(16-17-5-3-11-29-15-17)26(33)20-14-23(24-8-4-12-34-24)30-21-7-2-1-6-19(20)21/h1-15H,16H2. The molecule has 0 radical (unpaired) electrons. The maximum atomic E-state index is 14.2. The minimum Gasteiger partial charge on any atom is -0.279 e. The number of rotatable bonds is 5. The maximum Gasteiger partial charge on any atom is 0.261 e. The molecule has 0 aliphatic carbocycles. The fourth-order valence-electron chi connectivity index (χ4n) is 3.95. The van der Waals surface area contributed by atoms with Crippen molar-refractivity contribution in [1.82, 2.24) is 15.0 Å². The summed E-state index contributed by atoms with van der Waals surface area (Å²) in [7, 11) is 0. The van der Waals surface area contributed by atoms with Crippen LogP contribution in [-0.2, 0) is 6.54 Å². The van der Waals surface area contributed by atoms with Crippen molar-refractivity contribution in [1.29, 1.82) is 0 Å². The third-order valence-corrected chi connectivity index (χ3v) is 7.53. The molecule has 6 rings (SSSR count). The number of benzene rings is 2. The highest BCUT2D eigenvalue weighted by atomic mass is 32.1. The fraction of sp³-hybridized carbons (Fsp3) is 0.0370. The summed E-state index contributed by atoms with van der Waals surface area (Å²) in [6.07, 6.45) is 3.43. The van der Waals surface area contributed by atoms with Crippen molar-refractivity contribution in [3.05, 3.63) is 108 Å². The van der Waals surface area contributed by atoms with Gasteiger partial charge in [-0.2, -0.15) is 0 Å². The molecule has 0 bridgehead atoms. The SMILES string of the molecule is O=C(c1cc(-c2cccs2)nc2ccccc12)N(Cc1cccnc1)c1nc2ccc(F)cc2s1. The molecule has 0 N–H and O–H groups in total. The number of thiazole rings is 1. The maximum absolute atomic E-state index is 14.2. The van der Waals surface area contributed by atoms with Gasteiger partial charge in [-0.15, -0.1) is 11.3 Å². The van der Waals surface area contributed by atoms with E-state index < -0.39 is 0 Å². The van der Waals surface area contributed by atoms with Crippen molar-refractivity contribution >= 4 is 54.8 Å². The lowest BCUT2D eigenvalue weighted by Crippen LogP contribution is -2.30. The molecule has 4 aromatic heterocycles. The van der Waals surface area contributed by atoms with Gasteiger partial charge in [-0.1, -0.05) is 41.7 Å². The first-order valence-corrected chi connectivity index (χ1v) is 12.6. The second kappa shape index (κ2) is 8.98. The molecule has 0 spiro atoms. The van der Waals surface area contributed by atoms with Gasteiger partial charge in [0.15, 0.2) is 5.13 Å². The summed E-state index contributed by atoms with van der Waals surface area (Å²) in [6, 6.07) is 21.6. The monoisotopic (exact) mass is 496 g/mol. The third-order valence-electron chi connectivity index (χ3n) is 5.60. The predicted octanol–water partition coefficient (Wildman–Crippen LogP) is 6.95. The van der Waals surface area contributed by atoms with Crippen molar-refractivity contribution in [2.24, 2.45) is 0 Å². The first-order chi connectivity index (χ1) is 17.2. The van der Waals surface area contributed by atoms with Gasteiger partial charge in [0.05, 0.1) is 38.4 Å². The Labute approximate surface area is 208 Å². The molecule has 170 valence electrons. The van der Waals surface area contributed by atoms with Crippen LogP contribution in [0.25, 0.3) is 31.7 Å². The van der Waals surface area contributed by atoms with Gasteiger partial charge in [-0.25, -0.2) is 14.4 Å². The lowest BCUT2D eigenvalue weighted by Gasteiger charge is -2.21. The van der Waals surface area contributed by atoms with Crippen molar-refractivity contribution in [3.63, 3.8) is 0 Å². The molecule has 0 unspecified atom stereocenters. The molecular formula is C27H17FN4OS2. The normalized spacial score (nSPS) is 11.2. The molecule has 35 heavy (non-hydrogen) atoms. The summed E-state index contributed by atoms with van der Waals surface area (Å²) in [5.74, 6) is -0.539. The van der Waals surface area contributed by atoms with E-state index in [1.165, 1.54) is 23.5 Å². The Hall–Kier alpha value is -4.01. The summed E-state index contributed by atoms with van der Waals surface area (Å²) >= 11 is 2.86. The third kappa shape index (κ3) is 4.18. The summed E-state index contributed by atoms with van der Waals surface area (Å²) in [5.41, 5.74) is 3.54. The number of carbonyl (C=O) groups excluding carboxylic acids is 1. The van der Waals surface area contributed by atoms with Crippen LogP contribution in [0.5, 0.6) is 0 Å². The van der Waals surface area contributed by atoms with E-state index in [4.69, 9.17) is 4.98 Å². The Morgan fingerprint density at radius 1 is 0.943 bits per heavy atom. The topological polar surface area (TPSA) is 59.0 Å². The molecule has 0 saturated carbocycles. The van der Waals surface area contributed by atoms with Crippen LogP contribution >= 0.6 is 22.7 Å². The number of hydrogen-bond acceptors (Lipinski definition) is 6. The van der Waals surface area contributed by atoms with Crippen molar-refractivity contribution in [3.8, 4) is 10.6 Å². The van der Waals surface area contributed by atoms with Crippen LogP contribution in [-0.4, -0.2) is 20.9 Å². The highest BCUT2D eigenvalue weighted by Crippen LogP contribution is 2.34. The van der Waals surface area contributed by atoms with Gasteiger partial charge in [0.1, 0.15) is 5.82 Å². The zero-order valence-corrected chi connectivity index (χ0v) is 19.9. The highest BCUT2D eigenvalue weighted by molar-refractivity contribution is 7.22. The van der Waals surface area contributed by atoms with Gasteiger partial charge in [0.2, 0.25) is 0 Å². The van der Waals surface area contributed by atoms with Gasteiger partial charge in [-0.3, -0.25) is 14.7 Å². The van der Waals surface area contributed by atoms with Crippen molar-refractivity contribution in [2.45, 2.75) is 6.54 Å². The first kappa shape index (κ1) is 21.5. The van der Waals surface area contributed by atoms with Crippen LogP contribution in [0.15, 0.2) is 90.6 Å². The van der Waals surface area contributed by atoms with E-state index >= 15 is 0 Å². The Bertz CT molecular complexity index is 1670. The molecule has 8 heteroatoms. The van der Waals surface area contributed by atoms with E-state index in [1.807, 2.05) is 60.0 Å². The summed E-state index contributed by atoms with van der Waals surface area (Å²) in [6.45, 7) is 0.278.